The second-order valence-electron chi connectivity index (χ2n) is 4.38. The summed E-state index contributed by atoms with van der Waals surface area (Å²) in [4.78, 5) is 0. The third-order valence-corrected chi connectivity index (χ3v) is 2.70. The van der Waals surface area contributed by atoms with Gasteiger partial charge in [0, 0.05) is 39.1 Å². The Labute approximate surface area is 91.4 Å². The van der Waals surface area contributed by atoms with Gasteiger partial charge in [-0.05, 0) is 30.4 Å². The summed E-state index contributed by atoms with van der Waals surface area (Å²) in [6.07, 6.45) is 6.95. The van der Waals surface area contributed by atoms with Crippen LogP contribution in [0.3, 0.4) is 0 Å². The van der Waals surface area contributed by atoms with Crippen LogP contribution in [0.4, 0.5) is 0 Å². The van der Waals surface area contributed by atoms with Gasteiger partial charge in [0.05, 0.1) is 6.61 Å². The van der Waals surface area contributed by atoms with Crippen LogP contribution in [0.15, 0.2) is 18.5 Å². The maximum absolute atomic E-state index is 5.53. The second kappa shape index (κ2) is 5.33. The van der Waals surface area contributed by atoms with E-state index in [1.807, 2.05) is 7.05 Å². The van der Waals surface area contributed by atoms with E-state index in [-0.39, 0.29) is 0 Å². The molecule has 0 atom stereocenters. The Morgan fingerprint density at radius 3 is 3.07 bits per heavy atom. The third-order valence-electron chi connectivity index (χ3n) is 2.70. The van der Waals surface area contributed by atoms with Crippen LogP contribution in [0.1, 0.15) is 18.4 Å². The summed E-state index contributed by atoms with van der Waals surface area (Å²) >= 11 is 0. The predicted octanol–water partition coefficient (Wildman–Crippen LogP) is 1.54. The summed E-state index contributed by atoms with van der Waals surface area (Å²) in [6.45, 7) is 3.69. The molecule has 0 radical (unpaired) electrons. The standard InChI is InChI=1S/C12H20N2O/c1-14-6-4-12(9-14)8-13-5-7-15-10-11-2-3-11/h4,6,9,11,13H,2-3,5,7-8,10H2,1H3. The number of hydrogen-bond donors (Lipinski definition) is 1. The van der Waals surface area contributed by atoms with Crippen molar-refractivity contribution in [2.75, 3.05) is 19.8 Å². The minimum atomic E-state index is 0.837. The number of rotatable bonds is 7. The van der Waals surface area contributed by atoms with E-state index < -0.39 is 0 Å². The molecule has 84 valence electrons. The summed E-state index contributed by atoms with van der Waals surface area (Å²) in [5, 5.41) is 3.37. The smallest absolute Gasteiger partial charge is 0.0591 e. The first kappa shape index (κ1) is 10.7. The van der Waals surface area contributed by atoms with Crippen molar-refractivity contribution in [2.24, 2.45) is 13.0 Å². The predicted molar refractivity (Wildman–Crippen MR) is 60.7 cm³/mol. The SMILES string of the molecule is Cn1ccc(CNCCOCC2CC2)c1. The Bertz CT molecular complexity index is 292. The van der Waals surface area contributed by atoms with Gasteiger partial charge in [0.1, 0.15) is 0 Å². The van der Waals surface area contributed by atoms with Crippen LogP contribution in [-0.2, 0) is 18.3 Å². The molecule has 1 aromatic rings. The lowest BCUT2D eigenvalue weighted by Crippen LogP contribution is -2.19. The molecule has 2 rings (SSSR count). The molecule has 1 saturated carbocycles. The van der Waals surface area contributed by atoms with Crippen LogP contribution < -0.4 is 5.32 Å². The third kappa shape index (κ3) is 4.06. The molecular weight excluding hydrogens is 188 g/mol. The number of aromatic nitrogens is 1. The van der Waals surface area contributed by atoms with E-state index in [4.69, 9.17) is 4.74 Å². The van der Waals surface area contributed by atoms with Crippen molar-refractivity contribution in [3.05, 3.63) is 24.0 Å². The minimum Gasteiger partial charge on any atom is -0.380 e. The van der Waals surface area contributed by atoms with Crippen LogP contribution in [0, 0.1) is 5.92 Å². The van der Waals surface area contributed by atoms with Crippen molar-refractivity contribution in [1.29, 1.82) is 0 Å². The van der Waals surface area contributed by atoms with Gasteiger partial charge >= 0.3 is 0 Å². The molecule has 1 N–H and O–H groups in total. The van der Waals surface area contributed by atoms with Crippen LogP contribution in [-0.4, -0.2) is 24.3 Å². The van der Waals surface area contributed by atoms with Gasteiger partial charge in [-0.25, -0.2) is 0 Å². The first-order chi connectivity index (χ1) is 7.34. The lowest BCUT2D eigenvalue weighted by atomic mass is 10.3. The zero-order valence-corrected chi connectivity index (χ0v) is 9.41. The van der Waals surface area contributed by atoms with Crippen molar-refractivity contribution in [3.8, 4) is 0 Å². The molecule has 1 fully saturated rings. The first-order valence-electron chi connectivity index (χ1n) is 5.74. The fourth-order valence-electron chi connectivity index (χ4n) is 1.58. The monoisotopic (exact) mass is 208 g/mol. The van der Waals surface area contributed by atoms with Gasteiger partial charge in [-0.2, -0.15) is 0 Å². The first-order valence-corrected chi connectivity index (χ1v) is 5.74. The Balaban J connectivity index is 1.47. The Morgan fingerprint density at radius 1 is 1.53 bits per heavy atom. The Kier molecular flexibility index (Phi) is 3.80. The number of hydrogen-bond acceptors (Lipinski definition) is 2. The van der Waals surface area contributed by atoms with Gasteiger partial charge in [0.15, 0.2) is 0 Å². The van der Waals surface area contributed by atoms with Crippen molar-refractivity contribution >= 4 is 0 Å². The summed E-state index contributed by atoms with van der Waals surface area (Å²) in [6, 6.07) is 2.14. The molecular formula is C12H20N2O. The maximum atomic E-state index is 5.53. The highest BCUT2D eigenvalue weighted by Crippen LogP contribution is 2.28. The normalized spacial score (nSPS) is 15.8. The van der Waals surface area contributed by atoms with Crippen LogP contribution >= 0.6 is 0 Å². The maximum Gasteiger partial charge on any atom is 0.0591 e. The number of ether oxygens (including phenoxy) is 1. The summed E-state index contributed by atoms with van der Waals surface area (Å²) in [5.74, 6) is 0.874. The lowest BCUT2D eigenvalue weighted by Gasteiger charge is -2.04. The average molecular weight is 208 g/mol. The van der Waals surface area contributed by atoms with Gasteiger partial charge in [-0.15, -0.1) is 0 Å². The van der Waals surface area contributed by atoms with E-state index in [1.54, 1.807) is 0 Å². The van der Waals surface area contributed by atoms with E-state index in [0.29, 0.717) is 0 Å². The van der Waals surface area contributed by atoms with Gasteiger partial charge in [0.25, 0.3) is 0 Å². The van der Waals surface area contributed by atoms with Crippen molar-refractivity contribution in [2.45, 2.75) is 19.4 Å². The molecule has 1 aliphatic rings. The zero-order valence-electron chi connectivity index (χ0n) is 9.41. The Morgan fingerprint density at radius 2 is 2.40 bits per heavy atom. The van der Waals surface area contributed by atoms with Crippen LogP contribution in [0.5, 0.6) is 0 Å². The minimum absolute atomic E-state index is 0.837. The van der Waals surface area contributed by atoms with Gasteiger partial charge < -0.3 is 14.6 Å². The highest BCUT2D eigenvalue weighted by Gasteiger charge is 2.20. The molecule has 0 amide bonds. The molecule has 0 saturated heterocycles. The average Bonchev–Trinajstić information content (AvgIpc) is 2.95. The molecule has 3 nitrogen and oxygen atoms in total. The van der Waals surface area contributed by atoms with Crippen molar-refractivity contribution < 1.29 is 4.74 Å². The van der Waals surface area contributed by atoms with Gasteiger partial charge in [-0.3, -0.25) is 0 Å². The summed E-state index contributed by atoms with van der Waals surface area (Å²) in [5.41, 5.74) is 1.33. The number of aryl methyl sites for hydroxylation is 1. The van der Waals surface area contributed by atoms with Gasteiger partial charge in [-0.1, -0.05) is 0 Å². The number of nitrogens with zero attached hydrogens (tertiary/aromatic N) is 1. The van der Waals surface area contributed by atoms with E-state index in [1.165, 1.54) is 18.4 Å². The van der Waals surface area contributed by atoms with Crippen LogP contribution in [0.25, 0.3) is 0 Å². The highest BCUT2D eigenvalue weighted by atomic mass is 16.5. The fraction of sp³-hybridized carbons (Fsp3) is 0.667. The molecule has 15 heavy (non-hydrogen) atoms. The molecule has 0 bridgehead atoms. The molecule has 0 aliphatic heterocycles. The zero-order chi connectivity index (χ0) is 10.5. The molecule has 0 aromatic carbocycles. The topological polar surface area (TPSA) is 26.2 Å². The number of nitrogens with one attached hydrogen (secondary N) is 1. The van der Waals surface area contributed by atoms with E-state index in [0.717, 1.165) is 32.2 Å². The highest BCUT2D eigenvalue weighted by molar-refractivity contribution is 5.09. The summed E-state index contributed by atoms with van der Waals surface area (Å²) in [7, 11) is 2.04. The second-order valence-corrected chi connectivity index (χ2v) is 4.38. The van der Waals surface area contributed by atoms with E-state index >= 15 is 0 Å². The lowest BCUT2D eigenvalue weighted by molar-refractivity contribution is 0.126. The van der Waals surface area contributed by atoms with Crippen LogP contribution in [0.2, 0.25) is 0 Å². The molecule has 0 spiro atoms. The fourth-order valence-corrected chi connectivity index (χ4v) is 1.58. The molecule has 0 unspecified atom stereocenters. The van der Waals surface area contributed by atoms with Crippen molar-refractivity contribution in [3.63, 3.8) is 0 Å². The molecule has 1 heterocycles. The molecule has 1 aromatic heterocycles. The van der Waals surface area contributed by atoms with E-state index in [2.05, 4.69) is 28.3 Å². The summed E-state index contributed by atoms with van der Waals surface area (Å²) < 4.78 is 7.60. The quantitative estimate of drug-likeness (QED) is 0.688. The Hall–Kier alpha value is -0.800. The van der Waals surface area contributed by atoms with E-state index in [9.17, 15) is 0 Å². The van der Waals surface area contributed by atoms with Gasteiger partial charge in [0.2, 0.25) is 0 Å². The molecule has 3 heteroatoms. The van der Waals surface area contributed by atoms with Crippen molar-refractivity contribution in [1.82, 2.24) is 9.88 Å². The largest absolute Gasteiger partial charge is 0.380 e. The molecule has 1 aliphatic carbocycles.